The first-order valence-corrected chi connectivity index (χ1v) is 10.5. The number of aryl methyl sites for hydroxylation is 2. The molecule has 0 aliphatic carbocycles. The van der Waals surface area contributed by atoms with Crippen LogP contribution >= 0.6 is 0 Å². The summed E-state index contributed by atoms with van der Waals surface area (Å²) in [5.74, 6) is 1.53. The second kappa shape index (κ2) is 6.57. The van der Waals surface area contributed by atoms with Gasteiger partial charge >= 0.3 is 0 Å². The summed E-state index contributed by atoms with van der Waals surface area (Å²) in [7, 11) is -0.332. The van der Waals surface area contributed by atoms with E-state index in [0.717, 1.165) is 17.7 Å². The van der Waals surface area contributed by atoms with Gasteiger partial charge in [0.05, 0.1) is 6.04 Å². The highest BCUT2D eigenvalue weighted by Gasteiger charge is 2.52. The second-order valence-corrected chi connectivity index (χ2v) is 9.70. The van der Waals surface area contributed by atoms with Crippen molar-refractivity contribution in [2.24, 2.45) is 11.8 Å². The van der Waals surface area contributed by atoms with Crippen LogP contribution in [0, 0.1) is 25.7 Å². The van der Waals surface area contributed by atoms with E-state index in [4.69, 9.17) is 4.52 Å². The monoisotopic (exact) mass is 391 g/mol. The summed E-state index contributed by atoms with van der Waals surface area (Å²) in [6, 6.07) is 7.85. The predicted octanol–water partition coefficient (Wildman–Crippen LogP) is 1.60. The van der Waals surface area contributed by atoms with Gasteiger partial charge in [0.15, 0.2) is 0 Å². The number of rotatable bonds is 4. The van der Waals surface area contributed by atoms with E-state index in [2.05, 4.69) is 15.0 Å². The van der Waals surface area contributed by atoms with Crippen LogP contribution in [0.2, 0.25) is 0 Å². The molecule has 2 aliphatic heterocycles. The smallest absolute Gasteiger partial charge is 0.282 e. The van der Waals surface area contributed by atoms with Crippen LogP contribution in [0.5, 0.6) is 0 Å². The molecule has 0 N–H and O–H groups in total. The maximum absolute atomic E-state index is 13.0. The molecule has 0 saturated carbocycles. The minimum Gasteiger partial charge on any atom is -0.338 e. The van der Waals surface area contributed by atoms with Gasteiger partial charge in [0.2, 0.25) is 5.89 Å². The van der Waals surface area contributed by atoms with E-state index < -0.39 is 10.2 Å². The molecule has 0 bridgehead atoms. The molecule has 2 saturated heterocycles. The van der Waals surface area contributed by atoms with E-state index in [9.17, 15) is 8.42 Å². The van der Waals surface area contributed by atoms with Crippen molar-refractivity contribution < 1.29 is 12.9 Å². The van der Waals surface area contributed by atoms with Crippen molar-refractivity contribution in [2.45, 2.75) is 19.9 Å². The second-order valence-electron chi connectivity index (χ2n) is 7.60. The summed E-state index contributed by atoms with van der Waals surface area (Å²) in [5.41, 5.74) is 2.18. The molecule has 3 atom stereocenters. The van der Waals surface area contributed by atoms with Gasteiger partial charge in [-0.2, -0.15) is 22.0 Å². The maximum atomic E-state index is 13.0. The van der Waals surface area contributed by atoms with E-state index in [-0.39, 0.29) is 17.9 Å². The fourth-order valence-corrected chi connectivity index (χ4v) is 5.69. The fraction of sp³-hybridized carbons (Fsp3) is 0.556. The van der Waals surface area contributed by atoms with Gasteiger partial charge < -0.3 is 9.42 Å². The first-order valence-electron chi connectivity index (χ1n) is 9.09. The first kappa shape index (κ1) is 18.4. The highest BCUT2D eigenvalue weighted by Crippen LogP contribution is 2.47. The van der Waals surface area contributed by atoms with Crippen molar-refractivity contribution >= 4 is 16.2 Å². The minimum atomic E-state index is -3.51. The number of benzene rings is 1. The van der Waals surface area contributed by atoms with Crippen LogP contribution in [0.4, 0.5) is 5.95 Å². The molecule has 4 rings (SSSR count). The SMILES string of the molecule is Cc1nc(N2C[C@H]3CN(S(=O)(=O)N(C)C)[C@H](c4ccccc4C)[C@H]3C2)no1. The standard InChI is InChI=1S/C18H25N5O3S/c1-12-7-5-6-8-15(12)17-16-11-22(18-19-13(2)26-20-18)9-14(16)10-23(17)27(24,25)21(3)4/h5-8,14,16-17H,9-11H2,1-4H3/t14-,16-,17+/m0/s1. The molecule has 0 unspecified atom stereocenters. The Hall–Kier alpha value is -1.97. The van der Waals surface area contributed by atoms with Gasteiger partial charge in [-0.1, -0.05) is 24.3 Å². The lowest BCUT2D eigenvalue weighted by atomic mass is 9.88. The zero-order valence-corrected chi connectivity index (χ0v) is 16.8. The largest absolute Gasteiger partial charge is 0.338 e. The fourth-order valence-electron chi connectivity index (χ4n) is 4.34. The minimum absolute atomic E-state index is 0.180. The summed E-state index contributed by atoms with van der Waals surface area (Å²) in [5, 5.41) is 4.04. The molecule has 1 aromatic heterocycles. The molecule has 1 aromatic carbocycles. The lowest BCUT2D eigenvalue weighted by Crippen LogP contribution is -2.42. The molecule has 2 aliphatic rings. The van der Waals surface area contributed by atoms with Crippen LogP contribution in [-0.2, 0) is 10.2 Å². The zero-order valence-electron chi connectivity index (χ0n) is 16.0. The molecule has 9 heteroatoms. The van der Waals surface area contributed by atoms with Gasteiger partial charge in [-0.3, -0.25) is 0 Å². The van der Waals surface area contributed by atoms with Crippen LogP contribution in [0.15, 0.2) is 28.8 Å². The Kier molecular flexibility index (Phi) is 4.48. The topological polar surface area (TPSA) is 82.8 Å². The molecule has 3 heterocycles. The Morgan fingerprint density at radius 1 is 1.15 bits per heavy atom. The summed E-state index contributed by atoms with van der Waals surface area (Å²) in [4.78, 5) is 6.45. The Bertz CT molecular complexity index is 942. The third-order valence-electron chi connectivity index (χ3n) is 5.69. The molecular weight excluding hydrogens is 366 g/mol. The van der Waals surface area contributed by atoms with Crippen molar-refractivity contribution in [2.75, 3.05) is 38.6 Å². The number of hydrogen-bond acceptors (Lipinski definition) is 6. The van der Waals surface area contributed by atoms with Gasteiger partial charge in [0.1, 0.15) is 0 Å². The summed E-state index contributed by atoms with van der Waals surface area (Å²) < 4.78 is 34.1. The molecule has 0 amide bonds. The molecule has 8 nitrogen and oxygen atoms in total. The van der Waals surface area contributed by atoms with Crippen LogP contribution in [0.1, 0.15) is 23.1 Å². The highest BCUT2D eigenvalue weighted by atomic mass is 32.2. The van der Waals surface area contributed by atoms with Gasteiger partial charge in [-0.15, -0.1) is 0 Å². The van der Waals surface area contributed by atoms with Crippen molar-refractivity contribution in [3.63, 3.8) is 0 Å². The molecule has 27 heavy (non-hydrogen) atoms. The third-order valence-corrected chi connectivity index (χ3v) is 7.58. The molecule has 146 valence electrons. The predicted molar refractivity (Wildman–Crippen MR) is 101 cm³/mol. The summed E-state index contributed by atoms with van der Waals surface area (Å²) >= 11 is 0. The molecule has 2 aromatic rings. The summed E-state index contributed by atoms with van der Waals surface area (Å²) in [6.45, 7) is 5.75. The Balaban J connectivity index is 1.71. The zero-order chi connectivity index (χ0) is 19.3. The Labute approximate surface area is 159 Å². The van der Waals surface area contributed by atoms with Crippen LogP contribution in [-0.4, -0.2) is 60.9 Å². The van der Waals surface area contributed by atoms with Crippen molar-refractivity contribution in [1.82, 2.24) is 18.8 Å². The van der Waals surface area contributed by atoms with Crippen molar-refractivity contribution in [3.8, 4) is 0 Å². The third kappa shape index (κ3) is 3.03. The Morgan fingerprint density at radius 3 is 2.52 bits per heavy atom. The number of hydrogen-bond donors (Lipinski definition) is 0. The highest BCUT2D eigenvalue weighted by molar-refractivity contribution is 7.86. The van der Waals surface area contributed by atoms with Crippen LogP contribution in [0.25, 0.3) is 0 Å². The lowest BCUT2D eigenvalue weighted by Gasteiger charge is -2.31. The quantitative estimate of drug-likeness (QED) is 0.787. The van der Waals surface area contributed by atoms with E-state index in [0.29, 0.717) is 24.9 Å². The lowest BCUT2D eigenvalue weighted by molar-refractivity contribution is 0.326. The van der Waals surface area contributed by atoms with Crippen LogP contribution in [0.3, 0.4) is 0 Å². The summed E-state index contributed by atoms with van der Waals surface area (Å²) in [6.07, 6.45) is 0. The van der Waals surface area contributed by atoms with E-state index in [1.165, 1.54) is 4.31 Å². The van der Waals surface area contributed by atoms with E-state index in [1.54, 1.807) is 25.3 Å². The normalized spacial score (nSPS) is 26.1. The molecule has 2 fully saturated rings. The molecule has 0 spiro atoms. The molecular formula is C18H25N5O3S. The number of aromatic nitrogens is 2. The van der Waals surface area contributed by atoms with E-state index in [1.807, 2.05) is 31.2 Å². The number of anilines is 1. The number of nitrogens with zero attached hydrogens (tertiary/aromatic N) is 5. The maximum Gasteiger partial charge on any atom is 0.282 e. The van der Waals surface area contributed by atoms with Gasteiger partial charge in [-0.05, 0) is 29.1 Å². The van der Waals surface area contributed by atoms with Crippen LogP contribution < -0.4 is 4.90 Å². The van der Waals surface area contributed by atoms with Crippen molar-refractivity contribution in [3.05, 3.63) is 41.3 Å². The number of fused-ring (bicyclic) bond motifs is 1. The van der Waals surface area contributed by atoms with Gasteiger partial charge in [0, 0.05) is 46.6 Å². The first-order chi connectivity index (χ1) is 12.8. The average Bonchev–Trinajstić information content (AvgIpc) is 3.29. The van der Waals surface area contributed by atoms with Gasteiger partial charge in [0.25, 0.3) is 16.2 Å². The van der Waals surface area contributed by atoms with Gasteiger partial charge in [-0.25, -0.2) is 0 Å². The van der Waals surface area contributed by atoms with Crippen molar-refractivity contribution in [1.29, 1.82) is 0 Å². The van der Waals surface area contributed by atoms with E-state index >= 15 is 0 Å². The molecule has 0 radical (unpaired) electrons. The average molecular weight is 391 g/mol. The Morgan fingerprint density at radius 2 is 1.89 bits per heavy atom.